The van der Waals surface area contributed by atoms with Crippen LogP contribution in [0.1, 0.15) is 32.1 Å². The molecular formula is C16H28N2OS. The second kappa shape index (κ2) is 5.79. The Morgan fingerprint density at radius 1 is 1.15 bits per heavy atom. The summed E-state index contributed by atoms with van der Waals surface area (Å²) in [4.78, 5) is 2.74. The average molecular weight is 296 g/mol. The van der Waals surface area contributed by atoms with Crippen molar-refractivity contribution in [3.8, 4) is 0 Å². The van der Waals surface area contributed by atoms with E-state index in [1.54, 1.807) is 0 Å². The maximum absolute atomic E-state index is 5.56. The van der Waals surface area contributed by atoms with E-state index >= 15 is 0 Å². The van der Waals surface area contributed by atoms with Crippen LogP contribution in [0.3, 0.4) is 0 Å². The van der Waals surface area contributed by atoms with E-state index in [0.717, 1.165) is 44.2 Å². The average Bonchev–Trinajstić information content (AvgIpc) is 3.42. The number of ether oxygens (including phenoxy) is 1. The Morgan fingerprint density at radius 2 is 1.85 bits per heavy atom. The number of hydrogen-bond acceptors (Lipinski definition) is 4. The molecular weight excluding hydrogens is 268 g/mol. The first-order valence-electron chi connectivity index (χ1n) is 8.51. The molecule has 1 unspecified atom stereocenters. The molecule has 0 radical (unpaired) electrons. The first-order chi connectivity index (χ1) is 9.87. The molecule has 114 valence electrons. The van der Waals surface area contributed by atoms with E-state index in [9.17, 15) is 0 Å². The molecule has 2 saturated carbocycles. The summed E-state index contributed by atoms with van der Waals surface area (Å²) in [5.74, 6) is 4.69. The van der Waals surface area contributed by atoms with E-state index in [0.29, 0.717) is 5.54 Å². The summed E-state index contributed by atoms with van der Waals surface area (Å²) in [6.45, 7) is 5.36. The van der Waals surface area contributed by atoms with Crippen molar-refractivity contribution in [2.45, 2.75) is 43.7 Å². The Hall–Kier alpha value is 0.230. The van der Waals surface area contributed by atoms with Crippen molar-refractivity contribution in [2.24, 2.45) is 11.8 Å². The quantitative estimate of drug-likeness (QED) is 0.810. The normalized spacial score (nSPS) is 35.9. The van der Waals surface area contributed by atoms with Gasteiger partial charge in [-0.25, -0.2) is 0 Å². The lowest BCUT2D eigenvalue weighted by Gasteiger charge is -2.44. The molecule has 0 bridgehead atoms. The third kappa shape index (κ3) is 2.90. The van der Waals surface area contributed by atoms with E-state index in [2.05, 4.69) is 22.0 Å². The van der Waals surface area contributed by atoms with E-state index in [1.807, 2.05) is 0 Å². The van der Waals surface area contributed by atoms with Crippen molar-refractivity contribution < 1.29 is 4.74 Å². The zero-order valence-electron chi connectivity index (χ0n) is 12.5. The van der Waals surface area contributed by atoms with Gasteiger partial charge in [0.2, 0.25) is 0 Å². The van der Waals surface area contributed by atoms with Gasteiger partial charge < -0.3 is 10.1 Å². The molecule has 4 fully saturated rings. The first-order valence-corrected chi connectivity index (χ1v) is 9.67. The maximum Gasteiger partial charge on any atom is 0.0594 e. The summed E-state index contributed by atoms with van der Waals surface area (Å²) in [5.41, 5.74) is 0.427. The predicted molar refractivity (Wildman–Crippen MR) is 84.3 cm³/mol. The van der Waals surface area contributed by atoms with E-state index in [1.165, 1.54) is 50.2 Å². The van der Waals surface area contributed by atoms with Gasteiger partial charge in [-0.15, -0.1) is 0 Å². The summed E-state index contributed by atoms with van der Waals surface area (Å²) < 4.78 is 5.56. The van der Waals surface area contributed by atoms with Gasteiger partial charge in [-0.3, -0.25) is 4.90 Å². The van der Waals surface area contributed by atoms with Crippen molar-refractivity contribution in [1.82, 2.24) is 10.2 Å². The van der Waals surface area contributed by atoms with Crippen LogP contribution in [0.25, 0.3) is 0 Å². The Morgan fingerprint density at radius 3 is 2.40 bits per heavy atom. The van der Waals surface area contributed by atoms with Crippen molar-refractivity contribution in [3.63, 3.8) is 0 Å². The summed E-state index contributed by atoms with van der Waals surface area (Å²) in [6.07, 6.45) is 7.29. The smallest absolute Gasteiger partial charge is 0.0594 e. The molecule has 1 N–H and O–H groups in total. The summed E-state index contributed by atoms with van der Waals surface area (Å²) in [7, 11) is 0. The molecule has 0 amide bonds. The molecule has 2 heterocycles. The summed E-state index contributed by atoms with van der Waals surface area (Å²) in [6, 6.07) is 0.846. The molecule has 0 spiro atoms. The van der Waals surface area contributed by atoms with Gasteiger partial charge in [-0.05, 0) is 49.7 Å². The SMILES string of the molecule is C1CN(C2(CNC(C3CC3)C3CC3)CCSC2)CCO1. The van der Waals surface area contributed by atoms with Gasteiger partial charge in [0.15, 0.2) is 0 Å². The standard InChI is InChI=1S/C16H28N2OS/c1-2-13(1)15(14-3-4-14)17-11-16(5-10-20-12-16)18-6-8-19-9-7-18/h13-15,17H,1-12H2. The highest BCUT2D eigenvalue weighted by atomic mass is 32.2. The zero-order valence-corrected chi connectivity index (χ0v) is 13.3. The molecule has 0 aromatic carbocycles. The van der Waals surface area contributed by atoms with Crippen LogP contribution >= 0.6 is 11.8 Å². The van der Waals surface area contributed by atoms with Crippen LogP contribution in [0.4, 0.5) is 0 Å². The number of morpholine rings is 1. The predicted octanol–water partition coefficient (Wildman–Crippen LogP) is 1.97. The fraction of sp³-hybridized carbons (Fsp3) is 1.00. The monoisotopic (exact) mass is 296 g/mol. The molecule has 0 aromatic heterocycles. The van der Waals surface area contributed by atoms with Crippen LogP contribution in [0.2, 0.25) is 0 Å². The van der Waals surface area contributed by atoms with E-state index < -0.39 is 0 Å². The van der Waals surface area contributed by atoms with Crippen molar-refractivity contribution in [2.75, 3.05) is 44.4 Å². The van der Waals surface area contributed by atoms with Gasteiger partial charge >= 0.3 is 0 Å². The molecule has 20 heavy (non-hydrogen) atoms. The molecule has 1 atom stereocenters. The van der Waals surface area contributed by atoms with Gasteiger partial charge in [-0.1, -0.05) is 0 Å². The molecule has 4 rings (SSSR count). The minimum Gasteiger partial charge on any atom is -0.379 e. The van der Waals surface area contributed by atoms with Crippen LogP contribution < -0.4 is 5.32 Å². The van der Waals surface area contributed by atoms with Gasteiger partial charge in [0.05, 0.1) is 13.2 Å². The maximum atomic E-state index is 5.56. The molecule has 4 aliphatic rings. The van der Waals surface area contributed by atoms with E-state index in [-0.39, 0.29) is 0 Å². The second-order valence-corrected chi connectivity index (χ2v) is 8.31. The van der Waals surface area contributed by atoms with Crippen molar-refractivity contribution in [1.29, 1.82) is 0 Å². The Kier molecular flexibility index (Phi) is 4.01. The van der Waals surface area contributed by atoms with Gasteiger partial charge in [0.25, 0.3) is 0 Å². The highest BCUT2D eigenvalue weighted by molar-refractivity contribution is 7.99. The highest BCUT2D eigenvalue weighted by Crippen LogP contribution is 2.45. The van der Waals surface area contributed by atoms with Crippen molar-refractivity contribution in [3.05, 3.63) is 0 Å². The van der Waals surface area contributed by atoms with E-state index in [4.69, 9.17) is 4.74 Å². The van der Waals surface area contributed by atoms with Crippen molar-refractivity contribution >= 4 is 11.8 Å². The minimum absolute atomic E-state index is 0.427. The summed E-state index contributed by atoms with van der Waals surface area (Å²) >= 11 is 2.15. The number of rotatable bonds is 6. The topological polar surface area (TPSA) is 24.5 Å². The first kappa shape index (κ1) is 13.9. The lowest BCUT2D eigenvalue weighted by molar-refractivity contribution is -0.0145. The molecule has 2 aliphatic heterocycles. The number of nitrogens with one attached hydrogen (secondary N) is 1. The van der Waals surface area contributed by atoms with Crippen LogP contribution in [-0.4, -0.2) is 60.8 Å². The molecule has 2 saturated heterocycles. The minimum atomic E-state index is 0.427. The van der Waals surface area contributed by atoms with Crippen LogP contribution in [0.5, 0.6) is 0 Å². The van der Waals surface area contributed by atoms with Gasteiger partial charge in [0.1, 0.15) is 0 Å². The zero-order chi connectivity index (χ0) is 13.4. The van der Waals surface area contributed by atoms with Gasteiger partial charge in [-0.2, -0.15) is 11.8 Å². The molecule has 4 heteroatoms. The second-order valence-electron chi connectivity index (χ2n) is 7.21. The number of nitrogens with zero attached hydrogens (tertiary/aromatic N) is 1. The lowest BCUT2D eigenvalue weighted by atomic mass is 9.94. The third-order valence-corrected chi connectivity index (χ3v) is 6.93. The van der Waals surface area contributed by atoms with Crippen LogP contribution in [0.15, 0.2) is 0 Å². The largest absolute Gasteiger partial charge is 0.379 e. The molecule has 2 aliphatic carbocycles. The fourth-order valence-corrected chi connectivity index (χ4v) is 5.55. The number of hydrogen-bond donors (Lipinski definition) is 1. The lowest BCUT2D eigenvalue weighted by Crippen LogP contribution is -2.59. The summed E-state index contributed by atoms with van der Waals surface area (Å²) in [5, 5.41) is 4.03. The van der Waals surface area contributed by atoms with Crippen LogP contribution in [0, 0.1) is 11.8 Å². The number of thioether (sulfide) groups is 1. The Labute approximate surface area is 127 Å². The Balaban J connectivity index is 1.39. The highest BCUT2D eigenvalue weighted by Gasteiger charge is 2.45. The Bertz CT molecular complexity index is 319. The van der Waals surface area contributed by atoms with Crippen LogP contribution in [-0.2, 0) is 4.74 Å². The molecule has 3 nitrogen and oxygen atoms in total. The fourth-order valence-electron chi connectivity index (χ4n) is 4.07. The third-order valence-electron chi connectivity index (χ3n) is 5.69. The molecule has 0 aromatic rings. The van der Waals surface area contributed by atoms with Gasteiger partial charge in [0, 0.05) is 37.0 Å².